The summed E-state index contributed by atoms with van der Waals surface area (Å²) >= 11 is 1.49. The van der Waals surface area contributed by atoms with E-state index >= 15 is 0 Å². The molecular weight excluding hydrogens is 428 g/mol. The summed E-state index contributed by atoms with van der Waals surface area (Å²) in [6, 6.07) is 5.82. The van der Waals surface area contributed by atoms with Gasteiger partial charge in [0.15, 0.2) is 0 Å². The van der Waals surface area contributed by atoms with Crippen LogP contribution in [0.3, 0.4) is 0 Å². The third kappa shape index (κ3) is 3.78. The van der Waals surface area contributed by atoms with Gasteiger partial charge in [-0.1, -0.05) is 0 Å². The van der Waals surface area contributed by atoms with Crippen molar-refractivity contribution in [2.75, 3.05) is 31.6 Å². The minimum Gasteiger partial charge on any atom is -0.379 e. The Hall–Kier alpha value is -3.15. The van der Waals surface area contributed by atoms with E-state index < -0.39 is 0 Å². The number of tetrazole rings is 1. The number of fused-ring (bicyclic) bond motifs is 1. The molecule has 1 fully saturated rings. The van der Waals surface area contributed by atoms with Crippen LogP contribution >= 0.6 is 11.3 Å². The number of carbonyl (C=O) groups excluding carboxylic acids is 1. The van der Waals surface area contributed by atoms with Crippen LogP contribution in [-0.4, -0.2) is 66.9 Å². The molecule has 0 spiro atoms. The molecule has 3 aromatic heterocycles. The number of morpholine rings is 1. The number of ether oxygens (including phenoxy) is 1. The monoisotopic (exact) mass is 452 g/mol. The van der Waals surface area contributed by atoms with E-state index in [-0.39, 0.29) is 5.91 Å². The molecule has 4 aromatic rings. The van der Waals surface area contributed by atoms with Crippen molar-refractivity contribution in [2.24, 2.45) is 7.05 Å². The second-order valence-electron chi connectivity index (χ2n) is 7.85. The zero-order chi connectivity index (χ0) is 22.2. The third-order valence-electron chi connectivity index (χ3n) is 5.85. The fourth-order valence-electron chi connectivity index (χ4n) is 3.91. The van der Waals surface area contributed by atoms with E-state index in [9.17, 15) is 4.79 Å². The molecule has 0 atom stereocenters. The number of anilines is 1. The maximum Gasteiger partial charge on any atom is 0.259 e. The second-order valence-corrected chi connectivity index (χ2v) is 9.05. The number of imidazole rings is 1. The van der Waals surface area contributed by atoms with Crippen LogP contribution in [0.1, 0.15) is 26.6 Å². The number of aromatic nitrogens is 6. The fraction of sp³-hybridized carbons (Fsp3) is 0.381. The summed E-state index contributed by atoms with van der Waals surface area (Å²) in [6.45, 7) is 8.04. The Morgan fingerprint density at radius 3 is 2.81 bits per heavy atom. The smallest absolute Gasteiger partial charge is 0.259 e. The Bertz CT molecular complexity index is 1270. The highest BCUT2D eigenvalue weighted by Gasteiger charge is 2.22. The molecule has 1 N–H and O–H groups in total. The Kier molecular flexibility index (Phi) is 5.45. The van der Waals surface area contributed by atoms with Gasteiger partial charge in [-0.25, -0.2) is 4.98 Å². The Labute approximate surface area is 188 Å². The van der Waals surface area contributed by atoms with Crippen molar-refractivity contribution in [2.45, 2.75) is 20.4 Å². The van der Waals surface area contributed by atoms with Crippen LogP contribution in [0.15, 0.2) is 24.5 Å². The van der Waals surface area contributed by atoms with Crippen molar-refractivity contribution < 1.29 is 9.53 Å². The summed E-state index contributed by atoms with van der Waals surface area (Å²) in [6.07, 6.45) is 1.50. The van der Waals surface area contributed by atoms with Gasteiger partial charge in [-0.2, -0.15) is 4.68 Å². The van der Waals surface area contributed by atoms with Gasteiger partial charge < -0.3 is 14.6 Å². The number of nitrogens with one attached hydrogen (secondary N) is 1. The predicted octanol–water partition coefficient (Wildman–Crippen LogP) is 2.31. The lowest BCUT2D eigenvalue weighted by Crippen LogP contribution is -2.36. The first-order chi connectivity index (χ1) is 15.5. The summed E-state index contributed by atoms with van der Waals surface area (Å²) in [4.78, 5) is 21.4. The summed E-state index contributed by atoms with van der Waals surface area (Å²) in [5.41, 5.74) is 4.08. The number of nitrogens with zero attached hydrogens (tertiary/aromatic N) is 7. The molecule has 0 aliphatic carbocycles. The number of amides is 1. The first-order valence-electron chi connectivity index (χ1n) is 10.4. The number of hydrogen-bond acceptors (Lipinski definition) is 8. The highest BCUT2D eigenvalue weighted by atomic mass is 32.1. The molecule has 1 aliphatic rings. The number of hydrogen-bond donors (Lipinski definition) is 1. The van der Waals surface area contributed by atoms with Crippen LogP contribution in [0, 0.1) is 13.8 Å². The van der Waals surface area contributed by atoms with E-state index in [4.69, 9.17) is 9.72 Å². The zero-order valence-corrected chi connectivity index (χ0v) is 19.0. The number of benzene rings is 1. The first kappa shape index (κ1) is 20.7. The zero-order valence-electron chi connectivity index (χ0n) is 18.2. The van der Waals surface area contributed by atoms with Crippen LogP contribution in [0.5, 0.6) is 0 Å². The third-order valence-corrected chi connectivity index (χ3v) is 7.05. The van der Waals surface area contributed by atoms with Crippen LogP contribution < -0.4 is 5.32 Å². The molecule has 32 heavy (non-hydrogen) atoms. The largest absolute Gasteiger partial charge is 0.379 e. The van der Waals surface area contributed by atoms with Crippen molar-refractivity contribution in [3.05, 3.63) is 46.4 Å². The molecule has 1 amide bonds. The van der Waals surface area contributed by atoms with Gasteiger partial charge in [-0.05, 0) is 48.0 Å². The van der Waals surface area contributed by atoms with E-state index in [0.29, 0.717) is 16.3 Å². The minimum absolute atomic E-state index is 0.193. The molecule has 1 aromatic carbocycles. The molecule has 4 heterocycles. The summed E-state index contributed by atoms with van der Waals surface area (Å²) < 4.78 is 9.07. The highest BCUT2D eigenvalue weighted by Crippen LogP contribution is 2.31. The van der Waals surface area contributed by atoms with E-state index in [1.807, 2.05) is 39.1 Å². The van der Waals surface area contributed by atoms with E-state index in [1.54, 1.807) is 0 Å². The molecule has 0 unspecified atom stereocenters. The topological polar surface area (TPSA) is 103 Å². The lowest BCUT2D eigenvalue weighted by atomic mass is 10.1. The van der Waals surface area contributed by atoms with Crippen molar-refractivity contribution in [3.8, 4) is 5.00 Å². The van der Waals surface area contributed by atoms with E-state index in [1.165, 1.54) is 22.3 Å². The number of carbonyl (C=O) groups is 1. The van der Waals surface area contributed by atoms with Gasteiger partial charge in [-0.3, -0.25) is 9.69 Å². The molecule has 11 heteroatoms. The maximum absolute atomic E-state index is 13.2. The normalized spacial score (nSPS) is 14.8. The average Bonchev–Trinajstić information content (AvgIpc) is 3.49. The number of rotatable bonds is 5. The highest BCUT2D eigenvalue weighted by molar-refractivity contribution is 7.15. The summed E-state index contributed by atoms with van der Waals surface area (Å²) in [5, 5.41) is 15.1. The molecule has 10 nitrogen and oxygen atoms in total. The van der Waals surface area contributed by atoms with Gasteiger partial charge in [0.1, 0.15) is 17.2 Å². The van der Waals surface area contributed by atoms with Gasteiger partial charge in [0.25, 0.3) is 5.91 Å². The van der Waals surface area contributed by atoms with Crippen molar-refractivity contribution >= 4 is 34.0 Å². The number of aryl methyl sites for hydroxylation is 2. The van der Waals surface area contributed by atoms with Crippen LogP contribution in [-0.2, 0) is 18.3 Å². The predicted molar refractivity (Wildman–Crippen MR) is 121 cm³/mol. The molecule has 166 valence electrons. The first-order valence-corrected chi connectivity index (χ1v) is 11.2. The van der Waals surface area contributed by atoms with Gasteiger partial charge in [0.2, 0.25) is 0 Å². The van der Waals surface area contributed by atoms with Crippen molar-refractivity contribution in [1.29, 1.82) is 0 Å². The molecule has 1 aliphatic heterocycles. The van der Waals surface area contributed by atoms with Gasteiger partial charge in [0, 0.05) is 30.7 Å². The fourth-order valence-corrected chi connectivity index (χ4v) is 4.98. The van der Waals surface area contributed by atoms with Crippen LogP contribution in [0.25, 0.3) is 16.0 Å². The molecular formula is C21H24N8O2S. The molecule has 0 saturated carbocycles. The van der Waals surface area contributed by atoms with E-state index in [2.05, 4.69) is 30.3 Å². The van der Waals surface area contributed by atoms with Crippen molar-refractivity contribution in [3.63, 3.8) is 0 Å². The second kappa shape index (κ2) is 8.41. The minimum atomic E-state index is -0.193. The lowest BCUT2D eigenvalue weighted by Gasteiger charge is -2.26. The molecule has 0 radical (unpaired) electrons. The van der Waals surface area contributed by atoms with Crippen LogP contribution in [0.2, 0.25) is 0 Å². The van der Waals surface area contributed by atoms with Gasteiger partial charge in [-0.15, -0.1) is 16.4 Å². The van der Waals surface area contributed by atoms with Crippen LogP contribution in [0.4, 0.5) is 5.69 Å². The maximum atomic E-state index is 13.2. The summed E-state index contributed by atoms with van der Waals surface area (Å²) in [5.74, 6) is 0.803. The SMILES string of the molecule is Cc1sc(-n2cnnn2)c(C(=O)Nc2ccc3c(c2)nc(CN2CCOCC2)n3C)c1C. The average molecular weight is 453 g/mol. The van der Waals surface area contributed by atoms with Gasteiger partial charge >= 0.3 is 0 Å². The quantitative estimate of drug-likeness (QED) is 0.496. The Balaban J connectivity index is 1.41. The van der Waals surface area contributed by atoms with Crippen molar-refractivity contribution in [1.82, 2.24) is 34.7 Å². The molecule has 1 saturated heterocycles. The Morgan fingerprint density at radius 2 is 2.06 bits per heavy atom. The Morgan fingerprint density at radius 1 is 1.25 bits per heavy atom. The van der Waals surface area contributed by atoms with Gasteiger partial charge in [0.05, 0.1) is 36.4 Å². The summed E-state index contributed by atoms with van der Waals surface area (Å²) in [7, 11) is 2.03. The molecule has 5 rings (SSSR count). The lowest BCUT2D eigenvalue weighted by molar-refractivity contribution is 0.0328. The molecule has 0 bridgehead atoms. The number of thiophene rings is 1. The standard InChI is InChI=1S/C21H24N8O2S/c1-13-14(2)32-21(29-12-22-25-26-29)19(13)20(30)23-15-4-5-17-16(10-15)24-18(27(17)3)11-28-6-8-31-9-7-28/h4-5,10,12H,6-9,11H2,1-3H3,(H,23,30). The van der Waals surface area contributed by atoms with E-state index in [0.717, 1.165) is 60.1 Å².